The SMILES string of the molecule is Cc1ccc2nc(CC[C@@H](C)[C@H]3CC[C@H]4[C@H]5C(CC[C@]34C)[C@@]3(C)CC[C@@H](O)C[C@H]3C[C@H]5O)[nH]c(=O)c2c1. The molecule has 0 bridgehead atoms. The fraction of sp³-hybridized carbons (Fsp3) is 0.750. The van der Waals surface area contributed by atoms with Gasteiger partial charge in [0.05, 0.1) is 23.1 Å². The number of aliphatic hydroxyl groups excluding tert-OH is 2. The normalized spacial score (nSPS) is 42.2. The summed E-state index contributed by atoms with van der Waals surface area (Å²) in [5, 5.41) is 22.5. The number of rotatable bonds is 4. The van der Waals surface area contributed by atoms with Gasteiger partial charge in [-0.15, -0.1) is 0 Å². The van der Waals surface area contributed by atoms with E-state index < -0.39 is 0 Å². The van der Waals surface area contributed by atoms with Gasteiger partial charge in [-0.3, -0.25) is 4.79 Å². The van der Waals surface area contributed by atoms with Crippen LogP contribution < -0.4 is 5.56 Å². The van der Waals surface area contributed by atoms with Gasteiger partial charge in [-0.25, -0.2) is 4.98 Å². The fourth-order valence-corrected chi connectivity index (χ4v) is 10.2. The Bertz CT molecular complexity index is 1220. The maximum atomic E-state index is 12.7. The van der Waals surface area contributed by atoms with Crippen molar-refractivity contribution in [2.24, 2.45) is 46.3 Å². The van der Waals surface area contributed by atoms with Crippen LogP contribution in [-0.2, 0) is 6.42 Å². The Morgan fingerprint density at radius 2 is 1.81 bits per heavy atom. The van der Waals surface area contributed by atoms with Crippen molar-refractivity contribution in [3.63, 3.8) is 0 Å². The Labute approximate surface area is 221 Å². The van der Waals surface area contributed by atoms with E-state index in [-0.39, 0.29) is 28.6 Å². The molecule has 0 radical (unpaired) electrons. The van der Waals surface area contributed by atoms with Crippen LogP contribution in [0.1, 0.15) is 89.9 Å². The molecule has 202 valence electrons. The number of aromatic nitrogens is 2. The largest absolute Gasteiger partial charge is 0.393 e. The first kappa shape index (κ1) is 25.6. The number of hydrogen-bond acceptors (Lipinski definition) is 4. The predicted octanol–water partition coefficient (Wildman–Crippen LogP) is 5.79. The van der Waals surface area contributed by atoms with Crippen molar-refractivity contribution in [3.8, 4) is 0 Å². The summed E-state index contributed by atoms with van der Waals surface area (Å²) in [6.45, 7) is 9.43. The van der Waals surface area contributed by atoms with E-state index in [1.165, 1.54) is 25.7 Å². The summed E-state index contributed by atoms with van der Waals surface area (Å²) in [5.74, 6) is 4.08. The maximum Gasteiger partial charge on any atom is 0.258 e. The standard InChI is InChI=1S/C32H46N2O3/c1-18-5-9-26-22(15-18)30(37)34-28(33-26)10-6-19(2)23-7-8-24-29-25(12-14-32(23,24)4)31(3)13-11-21(35)16-20(31)17-27(29)36/h5,9,15,19-21,23-25,27,29,35-36H,6-8,10-14,16-17H2,1-4H3,(H,33,34,37)/t19-,20+,21-,23-,24+,25?,27-,29+,31+,32-/m1/s1. The number of fused-ring (bicyclic) bond motifs is 6. The second-order valence-corrected chi connectivity index (χ2v) is 14.0. The van der Waals surface area contributed by atoms with Crippen LogP contribution in [0.5, 0.6) is 0 Å². The second kappa shape index (κ2) is 9.19. The molecule has 3 N–H and O–H groups in total. The predicted molar refractivity (Wildman–Crippen MR) is 147 cm³/mol. The molecule has 4 aliphatic rings. The molecular formula is C32H46N2O3. The van der Waals surface area contributed by atoms with E-state index in [9.17, 15) is 15.0 Å². The van der Waals surface area contributed by atoms with Crippen LogP contribution in [0.25, 0.3) is 10.9 Å². The molecule has 4 fully saturated rings. The van der Waals surface area contributed by atoms with Crippen LogP contribution in [0, 0.1) is 53.3 Å². The van der Waals surface area contributed by atoms with E-state index in [1.807, 2.05) is 25.1 Å². The molecule has 5 heteroatoms. The number of aliphatic hydroxyl groups is 2. The molecule has 1 aromatic carbocycles. The van der Waals surface area contributed by atoms with Crippen LogP contribution in [0.3, 0.4) is 0 Å². The number of nitrogens with zero attached hydrogens (tertiary/aromatic N) is 1. The van der Waals surface area contributed by atoms with Gasteiger partial charge in [0.15, 0.2) is 0 Å². The minimum atomic E-state index is -0.220. The molecule has 1 unspecified atom stereocenters. The summed E-state index contributed by atoms with van der Waals surface area (Å²) < 4.78 is 0. The average molecular weight is 507 g/mol. The topological polar surface area (TPSA) is 86.2 Å². The van der Waals surface area contributed by atoms with Gasteiger partial charge in [-0.05, 0) is 123 Å². The Morgan fingerprint density at radius 1 is 1.05 bits per heavy atom. The summed E-state index contributed by atoms with van der Waals surface area (Å²) in [6.07, 6.45) is 10.2. The molecule has 0 amide bonds. The lowest BCUT2D eigenvalue weighted by Gasteiger charge is -2.62. The number of H-pyrrole nitrogens is 1. The number of hydrogen-bond donors (Lipinski definition) is 3. The van der Waals surface area contributed by atoms with E-state index in [0.717, 1.165) is 55.4 Å². The van der Waals surface area contributed by atoms with Crippen molar-refractivity contribution >= 4 is 10.9 Å². The van der Waals surface area contributed by atoms with Crippen LogP contribution in [0.2, 0.25) is 0 Å². The Balaban J connectivity index is 1.18. The third-order valence-corrected chi connectivity index (χ3v) is 12.2. The van der Waals surface area contributed by atoms with Gasteiger partial charge in [-0.2, -0.15) is 0 Å². The van der Waals surface area contributed by atoms with E-state index in [0.29, 0.717) is 40.9 Å². The van der Waals surface area contributed by atoms with Crippen molar-refractivity contribution in [1.29, 1.82) is 0 Å². The van der Waals surface area contributed by atoms with Crippen molar-refractivity contribution in [2.45, 2.75) is 104 Å². The van der Waals surface area contributed by atoms with Gasteiger partial charge in [0.25, 0.3) is 5.56 Å². The monoisotopic (exact) mass is 506 g/mol. The van der Waals surface area contributed by atoms with Gasteiger partial charge in [-0.1, -0.05) is 32.4 Å². The zero-order valence-corrected chi connectivity index (χ0v) is 23.2. The summed E-state index contributed by atoms with van der Waals surface area (Å²) in [4.78, 5) is 20.5. The second-order valence-electron chi connectivity index (χ2n) is 14.0. The highest BCUT2D eigenvalue weighted by atomic mass is 16.3. The third-order valence-electron chi connectivity index (χ3n) is 12.2. The minimum absolute atomic E-state index is 0.0316. The number of benzene rings is 1. The quantitative estimate of drug-likeness (QED) is 0.490. The van der Waals surface area contributed by atoms with Crippen molar-refractivity contribution < 1.29 is 10.2 Å². The smallest absolute Gasteiger partial charge is 0.258 e. The minimum Gasteiger partial charge on any atom is -0.393 e. The molecule has 0 aliphatic heterocycles. The van der Waals surface area contributed by atoms with E-state index >= 15 is 0 Å². The first-order valence-electron chi connectivity index (χ1n) is 15.0. The molecule has 5 nitrogen and oxygen atoms in total. The van der Waals surface area contributed by atoms with Gasteiger partial charge in [0.2, 0.25) is 0 Å². The molecule has 4 saturated carbocycles. The summed E-state index contributed by atoms with van der Waals surface area (Å²) in [5.41, 5.74) is 2.39. The van der Waals surface area contributed by atoms with E-state index in [1.54, 1.807) is 0 Å². The highest BCUT2D eigenvalue weighted by Gasteiger charge is 2.62. The zero-order chi connectivity index (χ0) is 26.1. The molecule has 0 spiro atoms. The average Bonchev–Trinajstić information content (AvgIpc) is 3.21. The number of nitrogens with one attached hydrogen (secondary N) is 1. The van der Waals surface area contributed by atoms with Crippen molar-refractivity contribution in [2.75, 3.05) is 0 Å². The van der Waals surface area contributed by atoms with Gasteiger partial charge >= 0.3 is 0 Å². The summed E-state index contributed by atoms with van der Waals surface area (Å²) in [6, 6.07) is 5.90. The molecule has 10 atom stereocenters. The molecule has 2 aromatic rings. The van der Waals surface area contributed by atoms with Gasteiger partial charge < -0.3 is 15.2 Å². The Kier molecular flexibility index (Phi) is 6.35. The highest BCUT2D eigenvalue weighted by Crippen LogP contribution is 2.68. The third kappa shape index (κ3) is 4.11. The Hall–Kier alpha value is -1.72. The summed E-state index contributed by atoms with van der Waals surface area (Å²) in [7, 11) is 0. The first-order chi connectivity index (χ1) is 17.6. The lowest BCUT2D eigenvalue weighted by atomic mass is 9.43. The van der Waals surface area contributed by atoms with Crippen molar-refractivity contribution in [3.05, 3.63) is 39.9 Å². The summed E-state index contributed by atoms with van der Waals surface area (Å²) >= 11 is 0. The van der Waals surface area contributed by atoms with E-state index in [4.69, 9.17) is 4.98 Å². The van der Waals surface area contributed by atoms with Crippen LogP contribution >= 0.6 is 0 Å². The first-order valence-corrected chi connectivity index (χ1v) is 15.0. The molecule has 37 heavy (non-hydrogen) atoms. The molecule has 0 saturated heterocycles. The van der Waals surface area contributed by atoms with Crippen LogP contribution in [0.4, 0.5) is 0 Å². The maximum absolute atomic E-state index is 12.7. The lowest BCUT2D eigenvalue weighted by molar-refractivity contribution is -0.174. The van der Waals surface area contributed by atoms with Crippen molar-refractivity contribution in [1.82, 2.24) is 9.97 Å². The number of aryl methyl sites for hydroxylation is 2. The lowest BCUT2D eigenvalue weighted by Crippen LogP contribution is -2.58. The fourth-order valence-electron chi connectivity index (χ4n) is 10.2. The molecule has 1 heterocycles. The van der Waals surface area contributed by atoms with E-state index in [2.05, 4.69) is 25.8 Å². The molecule has 1 aromatic heterocycles. The Morgan fingerprint density at radius 3 is 2.62 bits per heavy atom. The van der Waals surface area contributed by atoms with Crippen LogP contribution in [-0.4, -0.2) is 32.4 Å². The number of aromatic amines is 1. The molecule has 6 rings (SSSR count). The molecule has 4 aliphatic carbocycles. The zero-order valence-electron chi connectivity index (χ0n) is 23.2. The molecular weight excluding hydrogens is 460 g/mol. The highest BCUT2D eigenvalue weighted by molar-refractivity contribution is 5.78. The van der Waals surface area contributed by atoms with Crippen LogP contribution in [0.15, 0.2) is 23.0 Å². The van der Waals surface area contributed by atoms with Gasteiger partial charge in [0, 0.05) is 6.42 Å². The van der Waals surface area contributed by atoms with Gasteiger partial charge in [0.1, 0.15) is 5.82 Å².